The van der Waals surface area contributed by atoms with Gasteiger partial charge in [-0.05, 0) is 17.7 Å². The molecule has 3 rings (SSSR count). The summed E-state index contributed by atoms with van der Waals surface area (Å²) in [4.78, 5) is 13.8. The lowest BCUT2D eigenvalue weighted by molar-refractivity contribution is -0.0156. The van der Waals surface area contributed by atoms with Gasteiger partial charge in [0.05, 0.1) is 32.9 Å². The second-order valence-electron chi connectivity index (χ2n) is 5.23. The Morgan fingerprint density at radius 3 is 2.86 bits per heavy atom. The Hall–Kier alpha value is -2.11. The number of morpholine rings is 1. The van der Waals surface area contributed by atoms with Crippen LogP contribution in [0.15, 0.2) is 46.9 Å². The minimum atomic E-state index is -0.451. The zero-order valence-corrected chi connectivity index (χ0v) is 12.5. The van der Waals surface area contributed by atoms with E-state index >= 15 is 0 Å². The maximum Gasteiger partial charge on any atom is 0.373 e. The van der Waals surface area contributed by atoms with E-state index in [2.05, 4.69) is 21.8 Å². The number of carbonyl (C=O) groups is 1. The first-order chi connectivity index (χ1) is 10.8. The van der Waals surface area contributed by atoms with Crippen LogP contribution in [-0.4, -0.2) is 37.7 Å². The molecule has 1 saturated heterocycles. The van der Waals surface area contributed by atoms with Gasteiger partial charge in [0.25, 0.3) is 0 Å². The summed E-state index contributed by atoms with van der Waals surface area (Å²) in [6, 6.07) is 14.0. The Kier molecular flexibility index (Phi) is 4.56. The fourth-order valence-corrected chi connectivity index (χ4v) is 2.68. The van der Waals surface area contributed by atoms with Gasteiger partial charge in [0.1, 0.15) is 5.76 Å². The van der Waals surface area contributed by atoms with Crippen molar-refractivity contribution in [1.29, 1.82) is 0 Å². The summed E-state index contributed by atoms with van der Waals surface area (Å²) >= 11 is 0. The molecular formula is C17H19NO4. The van der Waals surface area contributed by atoms with Gasteiger partial charge in [-0.2, -0.15) is 0 Å². The molecule has 0 amide bonds. The topological polar surface area (TPSA) is 51.9 Å². The number of methoxy groups -OCH3 is 1. The molecule has 0 unspecified atom stereocenters. The van der Waals surface area contributed by atoms with Gasteiger partial charge < -0.3 is 13.9 Å². The van der Waals surface area contributed by atoms with E-state index in [1.54, 1.807) is 6.07 Å². The largest absolute Gasteiger partial charge is 0.463 e. The van der Waals surface area contributed by atoms with E-state index in [-0.39, 0.29) is 11.8 Å². The van der Waals surface area contributed by atoms with Crippen molar-refractivity contribution in [2.24, 2.45) is 0 Å². The van der Waals surface area contributed by atoms with Gasteiger partial charge in [-0.25, -0.2) is 4.79 Å². The number of carbonyl (C=O) groups excluding carboxylic acids is 1. The zero-order chi connectivity index (χ0) is 15.4. The molecule has 5 heteroatoms. The molecular weight excluding hydrogens is 282 g/mol. The quantitative estimate of drug-likeness (QED) is 0.813. The van der Waals surface area contributed by atoms with E-state index in [1.165, 1.54) is 12.7 Å². The molecule has 0 saturated carbocycles. The summed E-state index contributed by atoms with van der Waals surface area (Å²) in [6.45, 7) is 2.83. The van der Waals surface area contributed by atoms with E-state index in [0.29, 0.717) is 19.8 Å². The monoisotopic (exact) mass is 301 g/mol. The van der Waals surface area contributed by atoms with Crippen molar-refractivity contribution < 1.29 is 18.7 Å². The Balaban J connectivity index is 1.74. The number of ether oxygens (including phenoxy) is 2. The Labute approximate surface area is 129 Å². The maximum absolute atomic E-state index is 11.5. The normalized spacial score (nSPS) is 19.0. The van der Waals surface area contributed by atoms with Crippen LogP contribution in [0.2, 0.25) is 0 Å². The van der Waals surface area contributed by atoms with Crippen LogP contribution in [0.3, 0.4) is 0 Å². The van der Waals surface area contributed by atoms with Crippen LogP contribution in [0, 0.1) is 0 Å². The Bertz CT molecular complexity index is 623. The number of rotatable bonds is 4. The highest BCUT2D eigenvalue weighted by Crippen LogP contribution is 2.26. The third-order valence-electron chi connectivity index (χ3n) is 3.83. The van der Waals surface area contributed by atoms with Gasteiger partial charge in [0.2, 0.25) is 5.76 Å². The fraction of sp³-hybridized carbons (Fsp3) is 0.353. The van der Waals surface area contributed by atoms with E-state index in [9.17, 15) is 4.79 Å². The van der Waals surface area contributed by atoms with E-state index in [4.69, 9.17) is 9.15 Å². The second-order valence-corrected chi connectivity index (χ2v) is 5.23. The Morgan fingerprint density at radius 2 is 2.09 bits per heavy atom. The van der Waals surface area contributed by atoms with Gasteiger partial charge in [0, 0.05) is 6.54 Å². The lowest BCUT2D eigenvalue weighted by Gasteiger charge is -2.35. The predicted molar refractivity (Wildman–Crippen MR) is 80.5 cm³/mol. The van der Waals surface area contributed by atoms with E-state index in [1.807, 2.05) is 24.3 Å². The third kappa shape index (κ3) is 3.21. The average Bonchev–Trinajstić information content (AvgIpc) is 3.04. The lowest BCUT2D eigenvalue weighted by Crippen LogP contribution is -2.38. The highest BCUT2D eigenvalue weighted by molar-refractivity contribution is 5.86. The molecule has 0 bridgehead atoms. The standard InChI is InChI=1S/C17H19NO4/c1-20-17(19)16-8-7-14(22-16)11-18-9-10-21-12-15(18)13-5-3-2-4-6-13/h2-8,15H,9-12H2,1H3/t15-/m1/s1. The van der Waals surface area contributed by atoms with Crippen LogP contribution in [0.1, 0.15) is 27.9 Å². The molecule has 1 aromatic carbocycles. The first-order valence-corrected chi connectivity index (χ1v) is 7.31. The molecule has 1 fully saturated rings. The molecule has 0 aliphatic carbocycles. The Morgan fingerprint density at radius 1 is 1.27 bits per heavy atom. The van der Waals surface area contributed by atoms with Crippen molar-refractivity contribution in [2.75, 3.05) is 26.9 Å². The first-order valence-electron chi connectivity index (χ1n) is 7.31. The molecule has 0 N–H and O–H groups in total. The van der Waals surface area contributed by atoms with Gasteiger partial charge in [0.15, 0.2) is 0 Å². The summed E-state index contributed by atoms with van der Waals surface area (Å²) in [5.41, 5.74) is 1.22. The highest BCUT2D eigenvalue weighted by atomic mass is 16.5. The molecule has 22 heavy (non-hydrogen) atoms. The fourth-order valence-electron chi connectivity index (χ4n) is 2.68. The SMILES string of the molecule is COC(=O)c1ccc(CN2CCOC[C@@H]2c2ccccc2)o1. The number of esters is 1. The molecule has 2 heterocycles. The van der Waals surface area contributed by atoms with Crippen LogP contribution in [0.5, 0.6) is 0 Å². The summed E-state index contributed by atoms with van der Waals surface area (Å²) < 4.78 is 15.8. The van der Waals surface area contributed by atoms with E-state index in [0.717, 1.165) is 12.3 Å². The molecule has 2 aromatic rings. The summed E-state index contributed by atoms with van der Waals surface area (Å²) in [5, 5.41) is 0. The van der Waals surface area contributed by atoms with E-state index < -0.39 is 5.97 Å². The zero-order valence-electron chi connectivity index (χ0n) is 12.5. The maximum atomic E-state index is 11.5. The van der Waals surface area contributed by atoms with Crippen LogP contribution in [0.4, 0.5) is 0 Å². The van der Waals surface area contributed by atoms with Crippen molar-refractivity contribution in [3.05, 3.63) is 59.5 Å². The molecule has 1 aliphatic rings. The molecule has 0 spiro atoms. The minimum absolute atomic E-state index is 0.196. The van der Waals surface area contributed by atoms with Crippen LogP contribution < -0.4 is 0 Å². The number of hydrogen-bond donors (Lipinski definition) is 0. The number of furan rings is 1. The molecule has 116 valence electrons. The van der Waals surface area contributed by atoms with Crippen molar-refractivity contribution >= 4 is 5.97 Å². The molecule has 1 atom stereocenters. The predicted octanol–water partition coefficient (Wildman–Crippen LogP) is 2.64. The lowest BCUT2D eigenvalue weighted by atomic mass is 10.0. The van der Waals surface area contributed by atoms with Gasteiger partial charge in [-0.15, -0.1) is 0 Å². The molecule has 1 aromatic heterocycles. The second kappa shape index (κ2) is 6.77. The van der Waals surface area contributed by atoms with Gasteiger partial charge >= 0.3 is 5.97 Å². The summed E-state index contributed by atoms with van der Waals surface area (Å²) in [6.07, 6.45) is 0. The van der Waals surface area contributed by atoms with Crippen LogP contribution in [0.25, 0.3) is 0 Å². The van der Waals surface area contributed by atoms with Gasteiger partial charge in [-0.1, -0.05) is 30.3 Å². The van der Waals surface area contributed by atoms with Crippen molar-refractivity contribution in [1.82, 2.24) is 4.90 Å². The molecule has 0 radical (unpaired) electrons. The average molecular weight is 301 g/mol. The third-order valence-corrected chi connectivity index (χ3v) is 3.83. The molecule has 5 nitrogen and oxygen atoms in total. The summed E-state index contributed by atoms with van der Waals surface area (Å²) in [7, 11) is 1.35. The number of benzene rings is 1. The number of nitrogens with zero attached hydrogens (tertiary/aromatic N) is 1. The van der Waals surface area contributed by atoms with Crippen LogP contribution in [-0.2, 0) is 16.0 Å². The first kappa shape index (κ1) is 14.8. The highest BCUT2D eigenvalue weighted by Gasteiger charge is 2.25. The summed E-state index contributed by atoms with van der Waals surface area (Å²) in [5.74, 6) is 0.540. The van der Waals surface area contributed by atoms with Crippen molar-refractivity contribution in [3.8, 4) is 0 Å². The minimum Gasteiger partial charge on any atom is -0.463 e. The van der Waals surface area contributed by atoms with Crippen molar-refractivity contribution in [2.45, 2.75) is 12.6 Å². The smallest absolute Gasteiger partial charge is 0.373 e. The van der Waals surface area contributed by atoms with Crippen LogP contribution >= 0.6 is 0 Å². The van der Waals surface area contributed by atoms with Crippen molar-refractivity contribution in [3.63, 3.8) is 0 Å². The van der Waals surface area contributed by atoms with Gasteiger partial charge in [-0.3, -0.25) is 4.90 Å². The number of hydrogen-bond acceptors (Lipinski definition) is 5. The molecule has 1 aliphatic heterocycles.